The number of rotatable bonds is 7. The van der Waals surface area contributed by atoms with Crippen LogP contribution in [0.2, 0.25) is 5.15 Å². The van der Waals surface area contributed by atoms with E-state index >= 15 is 0 Å². The first kappa shape index (κ1) is 14.0. The van der Waals surface area contributed by atoms with Gasteiger partial charge in [0, 0.05) is 17.5 Å². The van der Waals surface area contributed by atoms with Crippen LogP contribution in [-0.2, 0) is 4.74 Å². The smallest absolute Gasteiger partial charge is 0.138 e. The molecule has 1 aromatic rings. The van der Waals surface area contributed by atoms with Crippen LogP contribution in [0.1, 0.15) is 5.56 Å². The number of halogens is 2. The SMILES string of the molecule is N=Cc1ccc(Cl)nc1NCOCCSI. The highest BCUT2D eigenvalue weighted by atomic mass is 127. The molecule has 88 valence electrons. The molecule has 0 bridgehead atoms. The third-order valence-corrected chi connectivity index (χ3v) is 3.55. The first-order valence-electron chi connectivity index (χ1n) is 4.50. The summed E-state index contributed by atoms with van der Waals surface area (Å²) in [5.74, 6) is 1.52. The maximum absolute atomic E-state index is 7.21. The fraction of sp³-hybridized carbons (Fsp3) is 0.333. The van der Waals surface area contributed by atoms with E-state index in [0.717, 1.165) is 5.75 Å². The minimum Gasteiger partial charge on any atom is -0.360 e. The number of pyridine rings is 1. The number of nitrogens with one attached hydrogen (secondary N) is 2. The Morgan fingerprint density at radius 3 is 3.12 bits per heavy atom. The predicted octanol–water partition coefficient (Wildman–Crippen LogP) is 3.20. The number of hydrogen-bond acceptors (Lipinski definition) is 5. The minimum atomic E-state index is 0.366. The standard InChI is InChI=1S/C9H11ClIN3OS/c10-8-2-1-7(5-12)9(14-8)13-6-15-3-4-16-11/h1-2,5,12H,3-4,6H2,(H,13,14). The van der Waals surface area contributed by atoms with Crippen molar-refractivity contribution >= 4 is 53.8 Å². The highest BCUT2D eigenvalue weighted by Gasteiger charge is 2.02. The number of ether oxygens (including phenoxy) is 1. The van der Waals surface area contributed by atoms with Crippen LogP contribution in [0.15, 0.2) is 12.1 Å². The van der Waals surface area contributed by atoms with Gasteiger partial charge in [-0.1, -0.05) is 20.5 Å². The molecular weight excluding hydrogens is 361 g/mol. The molecule has 0 spiro atoms. The molecule has 0 aromatic carbocycles. The highest BCUT2D eigenvalue weighted by Crippen LogP contribution is 2.14. The monoisotopic (exact) mass is 371 g/mol. The van der Waals surface area contributed by atoms with Gasteiger partial charge < -0.3 is 15.5 Å². The summed E-state index contributed by atoms with van der Waals surface area (Å²) in [6.07, 6.45) is 1.23. The van der Waals surface area contributed by atoms with Gasteiger partial charge in [0.05, 0.1) is 6.61 Å². The van der Waals surface area contributed by atoms with Crippen molar-refractivity contribution in [2.75, 3.05) is 24.4 Å². The van der Waals surface area contributed by atoms with Gasteiger partial charge in [-0.3, -0.25) is 0 Å². The Balaban J connectivity index is 2.45. The molecule has 0 fully saturated rings. The average molecular weight is 372 g/mol. The lowest BCUT2D eigenvalue weighted by Gasteiger charge is -2.08. The Labute approximate surface area is 116 Å². The van der Waals surface area contributed by atoms with E-state index in [4.69, 9.17) is 21.7 Å². The van der Waals surface area contributed by atoms with Crippen molar-refractivity contribution in [3.05, 3.63) is 22.8 Å². The van der Waals surface area contributed by atoms with Gasteiger partial charge in [0.2, 0.25) is 0 Å². The zero-order valence-corrected chi connectivity index (χ0v) is 12.1. The van der Waals surface area contributed by atoms with E-state index in [1.165, 1.54) is 6.21 Å². The molecule has 0 aliphatic heterocycles. The van der Waals surface area contributed by atoms with Crippen LogP contribution >= 0.6 is 41.7 Å². The highest BCUT2D eigenvalue weighted by molar-refractivity contribution is 14.2. The minimum absolute atomic E-state index is 0.366. The van der Waals surface area contributed by atoms with Crippen molar-refractivity contribution in [2.24, 2.45) is 0 Å². The molecule has 4 nitrogen and oxygen atoms in total. The van der Waals surface area contributed by atoms with E-state index in [9.17, 15) is 0 Å². The van der Waals surface area contributed by atoms with Gasteiger partial charge in [-0.05, 0) is 33.3 Å². The molecule has 1 heterocycles. The molecule has 0 saturated carbocycles. The molecule has 0 aliphatic carbocycles. The Morgan fingerprint density at radius 1 is 1.62 bits per heavy atom. The van der Waals surface area contributed by atoms with Gasteiger partial charge in [-0.2, -0.15) is 0 Å². The molecule has 0 aliphatic rings. The summed E-state index contributed by atoms with van der Waals surface area (Å²) in [5, 5.41) is 10.6. The van der Waals surface area contributed by atoms with Crippen LogP contribution in [0.5, 0.6) is 0 Å². The first-order valence-corrected chi connectivity index (χ1v) is 8.40. The van der Waals surface area contributed by atoms with Gasteiger partial charge >= 0.3 is 0 Å². The van der Waals surface area contributed by atoms with Gasteiger partial charge in [-0.15, -0.1) is 0 Å². The normalized spacial score (nSPS) is 10.1. The fourth-order valence-electron chi connectivity index (χ4n) is 0.986. The van der Waals surface area contributed by atoms with Gasteiger partial charge in [-0.25, -0.2) is 4.98 Å². The van der Waals surface area contributed by atoms with Crippen molar-refractivity contribution in [3.63, 3.8) is 0 Å². The number of nitrogens with zero attached hydrogens (tertiary/aromatic N) is 1. The first-order chi connectivity index (χ1) is 7.77. The van der Waals surface area contributed by atoms with Gasteiger partial charge in [0.25, 0.3) is 0 Å². The topological polar surface area (TPSA) is 58.0 Å². The molecule has 16 heavy (non-hydrogen) atoms. The maximum Gasteiger partial charge on any atom is 0.138 e. The number of hydrogen-bond donors (Lipinski definition) is 2. The third-order valence-electron chi connectivity index (χ3n) is 1.69. The van der Waals surface area contributed by atoms with E-state index in [0.29, 0.717) is 29.9 Å². The molecular formula is C9H11ClIN3OS. The van der Waals surface area contributed by atoms with E-state index in [-0.39, 0.29) is 0 Å². The third kappa shape index (κ3) is 4.86. The van der Waals surface area contributed by atoms with E-state index < -0.39 is 0 Å². The van der Waals surface area contributed by atoms with E-state index in [2.05, 4.69) is 31.5 Å². The molecule has 0 saturated heterocycles. The summed E-state index contributed by atoms with van der Waals surface area (Å²) in [4.78, 5) is 4.08. The van der Waals surface area contributed by atoms with Crippen molar-refractivity contribution < 1.29 is 4.74 Å². The molecule has 0 amide bonds. The lowest BCUT2D eigenvalue weighted by atomic mass is 10.3. The molecule has 0 unspecified atom stereocenters. The molecule has 0 atom stereocenters. The predicted molar refractivity (Wildman–Crippen MR) is 78.1 cm³/mol. The summed E-state index contributed by atoms with van der Waals surface area (Å²) in [6.45, 7) is 1.05. The molecule has 0 radical (unpaired) electrons. The van der Waals surface area contributed by atoms with Crippen LogP contribution < -0.4 is 5.32 Å². The molecule has 1 rings (SSSR count). The zero-order chi connectivity index (χ0) is 11.8. The maximum atomic E-state index is 7.21. The van der Waals surface area contributed by atoms with Crippen LogP contribution in [0, 0.1) is 5.41 Å². The van der Waals surface area contributed by atoms with Crippen LogP contribution in [-0.4, -0.2) is 30.3 Å². The number of anilines is 1. The zero-order valence-electron chi connectivity index (χ0n) is 8.37. The van der Waals surface area contributed by atoms with Crippen molar-refractivity contribution in [1.29, 1.82) is 5.41 Å². The van der Waals surface area contributed by atoms with Gasteiger partial charge in [0.15, 0.2) is 0 Å². The lowest BCUT2D eigenvalue weighted by molar-refractivity contribution is 0.169. The lowest BCUT2D eigenvalue weighted by Crippen LogP contribution is -2.10. The Morgan fingerprint density at radius 2 is 2.44 bits per heavy atom. The molecule has 2 N–H and O–H groups in total. The van der Waals surface area contributed by atoms with E-state index in [1.807, 2.05) is 0 Å². The Hall–Kier alpha value is -0.0500. The Kier molecular flexibility index (Phi) is 7.10. The summed E-state index contributed by atoms with van der Waals surface area (Å²) < 4.78 is 5.32. The van der Waals surface area contributed by atoms with Crippen molar-refractivity contribution in [2.45, 2.75) is 0 Å². The number of aromatic nitrogens is 1. The summed E-state index contributed by atoms with van der Waals surface area (Å²) in [6, 6.07) is 3.39. The van der Waals surface area contributed by atoms with Crippen LogP contribution in [0.3, 0.4) is 0 Å². The fourth-order valence-corrected chi connectivity index (χ4v) is 1.85. The second-order valence-electron chi connectivity index (χ2n) is 2.76. The quantitative estimate of drug-likeness (QED) is 0.254. The van der Waals surface area contributed by atoms with Crippen LogP contribution in [0.4, 0.5) is 5.82 Å². The van der Waals surface area contributed by atoms with Crippen molar-refractivity contribution in [1.82, 2.24) is 4.98 Å². The van der Waals surface area contributed by atoms with Crippen molar-refractivity contribution in [3.8, 4) is 0 Å². The second-order valence-corrected chi connectivity index (χ2v) is 5.64. The summed E-state index contributed by atoms with van der Waals surface area (Å²) in [7, 11) is 1.70. The Bertz CT molecular complexity index is 354. The average Bonchev–Trinajstić information content (AvgIpc) is 2.29. The largest absolute Gasteiger partial charge is 0.360 e. The summed E-state index contributed by atoms with van der Waals surface area (Å²) in [5.41, 5.74) is 0.691. The molecule has 1 aromatic heterocycles. The van der Waals surface area contributed by atoms with E-state index in [1.54, 1.807) is 21.1 Å². The van der Waals surface area contributed by atoms with Crippen LogP contribution in [0.25, 0.3) is 0 Å². The van der Waals surface area contributed by atoms with Gasteiger partial charge in [0.1, 0.15) is 17.7 Å². The molecule has 7 heteroatoms. The summed E-state index contributed by atoms with van der Waals surface area (Å²) >= 11 is 7.99. The second kappa shape index (κ2) is 8.10.